The molecule has 2 atom stereocenters. The van der Waals surface area contributed by atoms with Gasteiger partial charge in [0.25, 0.3) is 0 Å². The summed E-state index contributed by atoms with van der Waals surface area (Å²) in [6.07, 6.45) is 1.89. The summed E-state index contributed by atoms with van der Waals surface area (Å²) in [4.78, 5) is 13.5. The van der Waals surface area contributed by atoms with Crippen molar-refractivity contribution in [2.45, 2.75) is 31.8 Å². The molecule has 17 heavy (non-hydrogen) atoms. The van der Waals surface area contributed by atoms with Gasteiger partial charge in [-0.1, -0.05) is 12.1 Å². The Labute approximate surface area is 102 Å². The fraction of sp³-hybridized carbons (Fsp3) is 0.462. The molecule has 0 bridgehead atoms. The molecule has 2 rings (SSSR count). The summed E-state index contributed by atoms with van der Waals surface area (Å²) >= 11 is 0. The third-order valence-electron chi connectivity index (χ3n) is 3.51. The summed E-state index contributed by atoms with van der Waals surface area (Å²) < 4.78 is 0. The highest BCUT2D eigenvalue weighted by Gasteiger charge is 2.32. The predicted molar refractivity (Wildman–Crippen MR) is 68.2 cm³/mol. The number of carbonyl (C=O) groups is 1. The van der Waals surface area contributed by atoms with Crippen LogP contribution in [0.2, 0.25) is 0 Å². The van der Waals surface area contributed by atoms with Crippen molar-refractivity contribution in [3.8, 4) is 0 Å². The van der Waals surface area contributed by atoms with Gasteiger partial charge < -0.3 is 11.5 Å². The molecule has 0 radical (unpaired) electrons. The second-order valence-electron chi connectivity index (χ2n) is 4.64. The number of amides is 1. The SMILES string of the molecule is CC(c1cccc(N)c1)N1CCCC1C(N)=O. The lowest BCUT2D eigenvalue weighted by Crippen LogP contribution is -2.41. The van der Waals surface area contributed by atoms with Gasteiger partial charge in [-0.25, -0.2) is 0 Å². The van der Waals surface area contributed by atoms with Crippen LogP contribution in [0.25, 0.3) is 0 Å². The first kappa shape index (κ1) is 11.9. The van der Waals surface area contributed by atoms with Crippen LogP contribution in [0.3, 0.4) is 0 Å². The van der Waals surface area contributed by atoms with Crippen molar-refractivity contribution in [1.29, 1.82) is 0 Å². The van der Waals surface area contributed by atoms with Crippen molar-refractivity contribution in [2.75, 3.05) is 12.3 Å². The van der Waals surface area contributed by atoms with Crippen molar-refractivity contribution >= 4 is 11.6 Å². The molecule has 0 aliphatic carbocycles. The number of hydrogen-bond donors (Lipinski definition) is 2. The van der Waals surface area contributed by atoms with Gasteiger partial charge in [-0.3, -0.25) is 9.69 Å². The molecule has 0 aromatic heterocycles. The number of rotatable bonds is 3. The van der Waals surface area contributed by atoms with E-state index in [0.29, 0.717) is 0 Å². The summed E-state index contributed by atoms with van der Waals surface area (Å²) in [5, 5.41) is 0. The first-order valence-corrected chi connectivity index (χ1v) is 6.00. The van der Waals surface area contributed by atoms with Crippen molar-refractivity contribution in [2.24, 2.45) is 5.73 Å². The van der Waals surface area contributed by atoms with Gasteiger partial charge in [0.1, 0.15) is 0 Å². The van der Waals surface area contributed by atoms with Crippen LogP contribution < -0.4 is 11.5 Å². The Hall–Kier alpha value is -1.55. The van der Waals surface area contributed by atoms with E-state index in [2.05, 4.69) is 11.8 Å². The maximum absolute atomic E-state index is 11.4. The third kappa shape index (κ3) is 2.42. The van der Waals surface area contributed by atoms with E-state index in [4.69, 9.17) is 11.5 Å². The Bertz CT molecular complexity index is 419. The van der Waals surface area contributed by atoms with E-state index < -0.39 is 0 Å². The van der Waals surface area contributed by atoms with Crippen molar-refractivity contribution in [1.82, 2.24) is 4.90 Å². The third-order valence-corrected chi connectivity index (χ3v) is 3.51. The first-order valence-electron chi connectivity index (χ1n) is 6.00. The molecule has 0 saturated carbocycles. The minimum Gasteiger partial charge on any atom is -0.399 e. The number of benzene rings is 1. The zero-order valence-electron chi connectivity index (χ0n) is 10.1. The summed E-state index contributed by atoms with van der Waals surface area (Å²) in [7, 11) is 0. The second-order valence-corrected chi connectivity index (χ2v) is 4.64. The lowest BCUT2D eigenvalue weighted by atomic mass is 10.1. The first-order chi connectivity index (χ1) is 8.09. The highest BCUT2D eigenvalue weighted by Crippen LogP contribution is 2.29. The Balaban J connectivity index is 2.19. The number of primary amides is 1. The predicted octanol–water partition coefficient (Wildman–Crippen LogP) is 1.28. The van der Waals surface area contributed by atoms with Crippen LogP contribution >= 0.6 is 0 Å². The van der Waals surface area contributed by atoms with Gasteiger partial charge in [0, 0.05) is 11.7 Å². The van der Waals surface area contributed by atoms with Gasteiger partial charge in [-0.2, -0.15) is 0 Å². The molecule has 4 heteroatoms. The van der Waals surface area contributed by atoms with Gasteiger partial charge in [-0.05, 0) is 44.0 Å². The molecular weight excluding hydrogens is 214 g/mol. The molecule has 2 unspecified atom stereocenters. The fourth-order valence-corrected chi connectivity index (χ4v) is 2.57. The number of nitrogen functional groups attached to an aromatic ring is 1. The minimum atomic E-state index is -0.224. The van der Waals surface area contributed by atoms with Gasteiger partial charge in [0.05, 0.1) is 6.04 Å². The topological polar surface area (TPSA) is 72.3 Å². The number of anilines is 1. The Morgan fingerprint density at radius 2 is 2.29 bits per heavy atom. The average molecular weight is 233 g/mol. The van der Waals surface area contributed by atoms with Gasteiger partial charge in [0.15, 0.2) is 0 Å². The average Bonchev–Trinajstić information content (AvgIpc) is 2.77. The molecule has 1 aromatic carbocycles. The number of nitrogens with zero attached hydrogens (tertiary/aromatic N) is 1. The summed E-state index contributed by atoms with van der Waals surface area (Å²) in [5.74, 6) is -0.224. The maximum Gasteiger partial charge on any atom is 0.234 e. The fourth-order valence-electron chi connectivity index (χ4n) is 2.57. The van der Waals surface area contributed by atoms with Crippen molar-refractivity contribution < 1.29 is 4.79 Å². The molecular formula is C13H19N3O. The van der Waals surface area contributed by atoms with E-state index in [9.17, 15) is 4.79 Å². The molecule has 92 valence electrons. The molecule has 1 aromatic rings. The largest absolute Gasteiger partial charge is 0.399 e. The van der Waals surface area contributed by atoms with Crippen molar-refractivity contribution in [3.63, 3.8) is 0 Å². The molecule has 1 saturated heterocycles. The highest BCUT2D eigenvalue weighted by atomic mass is 16.1. The smallest absolute Gasteiger partial charge is 0.234 e. The Morgan fingerprint density at radius 1 is 1.53 bits per heavy atom. The lowest BCUT2D eigenvalue weighted by Gasteiger charge is -2.29. The summed E-state index contributed by atoms with van der Waals surface area (Å²) in [5.41, 5.74) is 13.1. The summed E-state index contributed by atoms with van der Waals surface area (Å²) in [6, 6.07) is 7.85. The van der Waals surface area contributed by atoms with Gasteiger partial charge in [0.2, 0.25) is 5.91 Å². The maximum atomic E-state index is 11.4. The van der Waals surface area contributed by atoms with Crippen LogP contribution in [0.15, 0.2) is 24.3 Å². The van der Waals surface area contributed by atoms with E-state index >= 15 is 0 Å². The molecule has 0 spiro atoms. The molecule has 1 fully saturated rings. The van der Waals surface area contributed by atoms with Gasteiger partial charge in [-0.15, -0.1) is 0 Å². The standard InChI is InChI=1S/C13H19N3O/c1-9(10-4-2-5-11(14)8-10)16-7-3-6-12(16)13(15)17/h2,4-5,8-9,12H,3,6-7,14H2,1H3,(H2,15,17). The van der Waals surface area contributed by atoms with Crippen molar-refractivity contribution in [3.05, 3.63) is 29.8 Å². The lowest BCUT2D eigenvalue weighted by molar-refractivity contribution is -0.122. The van der Waals surface area contributed by atoms with Crippen LogP contribution in [-0.2, 0) is 4.79 Å². The van der Waals surface area contributed by atoms with Crippen LogP contribution in [0, 0.1) is 0 Å². The van der Waals surface area contributed by atoms with E-state index in [1.54, 1.807) is 0 Å². The molecule has 1 amide bonds. The van der Waals surface area contributed by atoms with Crippen LogP contribution in [0.1, 0.15) is 31.4 Å². The molecule has 1 aliphatic rings. The molecule has 1 heterocycles. The van der Waals surface area contributed by atoms with E-state index in [1.165, 1.54) is 0 Å². The Morgan fingerprint density at radius 3 is 2.94 bits per heavy atom. The van der Waals surface area contributed by atoms with E-state index in [1.807, 2.05) is 24.3 Å². The van der Waals surface area contributed by atoms with Crippen LogP contribution in [0.4, 0.5) is 5.69 Å². The quantitative estimate of drug-likeness (QED) is 0.772. The molecule has 4 nitrogen and oxygen atoms in total. The number of hydrogen-bond acceptors (Lipinski definition) is 3. The number of likely N-dealkylation sites (tertiary alicyclic amines) is 1. The van der Waals surface area contributed by atoms with Gasteiger partial charge >= 0.3 is 0 Å². The number of nitrogens with two attached hydrogens (primary N) is 2. The summed E-state index contributed by atoms with van der Waals surface area (Å²) in [6.45, 7) is 3.01. The van der Waals surface area contributed by atoms with Crippen LogP contribution in [-0.4, -0.2) is 23.4 Å². The molecule has 1 aliphatic heterocycles. The van der Waals surface area contributed by atoms with E-state index in [0.717, 1.165) is 30.6 Å². The number of carbonyl (C=O) groups excluding carboxylic acids is 1. The zero-order valence-corrected chi connectivity index (χ0v) is 10.1. The normalized spacial score (nSPS) is 22.5. The Kier molecular flexibility index (Phi) is 3.33. The second kappa shape index (κ2) is 4.75. The minimum absolute atomic E-state index is 0.133. The molecule has 4 N–H and O–H groups in total. The highest BCUT2D eigenvalue weighted by molar-refractivity contribution is 5.80. The monoisotopic (exact) mass is 233 g/mol. The van der Waals surface area contributed by atoms with E-state index in [-0.39, 0.29) is 18.0 Å². The zero-order chi connectivity index (χ0) is 12.4. The van der Waals surface area contributed by atoms with Crippen LogP contribution in [0.5, 0.6) is 0 Å².